The summed E-state index contributed by atoms with van der Waals surface area (Å²) in [6.45, 7) is 1.99. The summed E-state index contributed by atoms with van der Waals surface area (Å²) >= 11 is 12.8. The molecule has 8 heteroatoms. The van der Waals surface area contributed by atoms with Crippen molar-refractivity contribution in [3.63, 3.8) is 0 Å². The molecule has 0 saturated heterocycles. The minimum absolute atomic E-state index is 0.00506. The molecule has 0 aromatic carbocycles. The van der Waals surface area contributed by atoms with Crippen LogP contribution in [-0.4, -0.2) is 44.2 Å². The fourth-order valence-electron chi connectivity index (χ4n) is 1.12. The largest absolute Gasteiger partial charge is 0.395 e. The van der Waals surface area contributed by atoms with Crippen LogP contribution in [0, 0.1) is 0 Å². The van der Waals surface area contributed by atoms with Crippen molar-refractivity contribution in [1.82, 2.24) is 15.0 Å². The highest BCUT2D eigenvalue weighted by Gasteiger charge is 2.16. The van der Waals surface area contributed by atoms with E-state index >= 15 is 0 Å². The van der Waals surface area contributed by atoms with Crippen LogP contribution in [0.25, 0.3) is 0 Å². The number of nitrogens with zero attached hydrogens (tertiary/aromatic N) is 3. The third-order valence-electron chi connectivity index (χ3n) is 1.98. The average Bonchev–Trinajstić information content (AvgIpc) is 2.17. The fourth-order valence-corrected chi connectivity index (χ4v) is 2.11. The summed E-state index contributed by atoms with van der Waals surface area (Å²) in [6.07, 6.45) is 1.92. The molecule has 2 atom stereocenters. The van der Waals surface area contributed by atoms with Gasteiger partial charge in [0.05, 0.1) is 6.61 Å². The monoisotopic (exact) mass is 282 g/mol. The number of anilines is 1. The zero-order valence-electron chi connectivity index (χ0n) is 8.81. The Morgan fingerprint density at radius 2 is 1.88 bits per heavy atom. The molecule has 0 radical (unpaired) electrons. The number of hydrogen-bond acceptors (Lipinski definition) is 6. The smallest absolute Gasteiger partial charge is 0.228 e. The van der Waals surface area contributed by atoms with Crippen molar-refractivity contribution in [2.24, 2.45) is 0 Å². The third-order valence-corrected chi connectivity index (χ3v) is 3.48. The second-order valence-electron chi connectivity index (χ2n) is 3.09. The van der Waals surface area contributed by atoms with Gasteiger partial charge in [-0.1, -0.05) is 0 Å². The maximum absolute atomic E-state index is 9.12. The van der Waals surface area contributed by atoms with Crippen molar-refractivity contribution in [1.29, 1.82) is 0 Å². The van der Waals surface area contributed by atoms with Gasteiger partial charge in [0.1, 0.15) is 0 Å². The van der Waals surface area contributed by atoms with Crippen molar-refractivity contribution >= 4 is 40.9 Å². The number of halogens is 2. The number of aliphatic hydroxyl groups excluding tert-OH is 1. The molecule has 0 fully saturated rings. The number of rotatable bonds is 5. The molecule has 2 unspecified atom stereocenters. The van der Waals surface area contributed by atoms with Crippen molar-refractivity contribution in [2.45, 2.75) is 18.2 Å². The summed E-state index contributed by atoms with van der Waals surface area (Å²) in [5.74, 6) is 0.310. The predicted octanol–water partition coefficient (Wildman–Crippen LogP) is 1.70. The molecule has 1 rings (SSSR count). The highest BCUT2D eigenvalue weighted by atomic mass is 35.5. The van der Waals surface area contributed by atoms with Crippen LogP contribution in [0.5, 0.6) is 0 Å². The topological polar surface area (TPSA) is 70.9 Å². The number of thioether (sulfide) groups is 1. The SMILES string of the molecule is CSC(CO)C(C)Nc1nc(Cl)nc(Cl)n1. The quantitative estimate of drug-likeness (QED) is 0.857. The van der Waals surface area contributed by atoms with Gasteiger partial charge in [0.25, 0.3) is 0 Å². The van der Waals surface area contributed by atoms with Gasteiger partial charge in [-0.05, 0) is 36.4 Å². The first-order chi connectivity index (χ1) is 7.56. The molecule has 1 heterocycles. The van der Waals surface area contributed by atoms with Crippen LogP contribution in [-0.2, 0) is 0 Å². The molecule has 0 aliphatic carbocycles. The lowest BCUT2D eigenvalue weighted by atomic mass is 10.2. The van der Waals surface area contributed by atoms with E-state index in [2.05, 4.69) is 20.3 Å². The summed E-state index contributed by atoms with van der Waals surface area (Å²) in [5.41, 5.74) is 0. The van der Waals surface area contributed by atoms with Gasteiger partial charge in [-0.15, -0.1) is 0 Å². The molecule has 0 spiro atoms. The summed E-state index contributed by atoms with van der Waals surface area (Å²) in [7, 11) is 0. The number of hydrogen-bond donors (Lipinski definition) is 2. The summed E-state index contributed by atoms with van der Waals surface area (Å²) in [6, 6.07) is -0.00506. The molecule has 1 aromatic heterocycles. The Hall–Kier alpha value is -0.300. The standard InChI is InChI=1S/C8H12Cl2N4OS/c1-4(5(3-15)16-2)11-8-13-6(9)12-7(10)14-8/h4-5,15H,3H2,1-2H3,(H,11,12,13,14). The summed E-state index contributed by atoms with van der Waals surface area (Å²) in [4.78, 5) is 11.4. The molecular weight excluding hydrogens is 271 g/mol. The first-order valence-electron chi connectivity index (χ1n) is 4.54. The summed E-state index contributed by atoms with van der Waals surface area (Å²) < 4.78 is 0. The highest BCUT2D eigenvalue weighted by molar-refractivity contribution is 7.99. The van der Waals surface area contributed by atoms with Crippen LogP contribution in [0.15, 0.2) is 0 Å². The van der Waals surface area contributed by atoms with Gasteiger partial charge in [-0.2, -0.15) is 26.7 Å². The van der Waals surface area contributed by atoms with E-state index in [-0.39, 0.29) is 28.5 Å². The molecule has 16 heavy (non-hydrogen) atoms. The van der Waals surface area contributed by atoms with E-state index in [0.29, 0.717) is 5.95 Å². The lowest BCUT2D eigenvalue weighted by Gasteiger charge is -2.21. The molecular formula is C8H12Cl2N4OS. The van der Waals surface area contributed by atoms with E-state index in [1.807, 2.05) is 13.2 Å². The highest BCUT2D eigenvalue weighted by Crippen LogP contribution is 2.15. The van der Waals surface area contributed by atoms with Gasteiger partial charge in [0.15, 0.2) is 0 Å². The zero-order chi connectivity index (χ0) is 12.1. The van der Waals surface area contributed by atoms with E-state index in [9.17, 15) is 0 Å². The molecule has 0 amide bonds. The zero-order valence-corrected chi connectivity index (χ0v) is 11.1. The number of nitrogens with one attached hydrogen (secondary N) is 1. The normalized spacial score (nSPS) is 14.6. The van der Waals surface area contributed by atoms with Crippen molar-refractivity contribution in [3.8, 4) is 0 Å². The number of aromatic nitrogens is 3. The fraction of sp³-hybridized carbons (Fsp3) is 0.625. The average molecular weight is 283 g/mol. The van der Waals surface area contributed by atoms with E-state index < -0.39 is 0 Å². The molecule has 90 valence electrons. The first-order valence-corrected chi connectivity index (χ1v) is 6.58. The van der Waals surface area contributed by atoms with Gasteiger partial charge in [0.2, 0.25) is 16.5 Å². The minimum Gasteiger partial charge on any atom is -0.395 e. The van der Waals surface area contributed by atoms with Crippen molar-refractivity contribution < 1.29 is 5.11 Å². The Bertz CT molecular complexity index is 331. The Kier molecular flexibility index (Phi) is 5.54. The Balaban J connectivity index is 2.72. The van der Waals surface area contributed by atoms with Gasteiger partial charge < -0.3 is 10.4 Å². The number of aliphatic hydroxyl groups is 1. The Labute approximate surface area is 108 Å². The maximum atomic E-state index is 9.12. The van der Waals surface area contributed by atoms with Crippen molar-refractivity contribution in [3.05, 3.63) is 10.6 Å². The van der Waals surface area contributed by atoms with Gasteiger partial charge in [-0.25, -0.2) is 0 Å². The van der Waals surface area contributed by atoms with Crippen LogP contribution in [0.2, 0.25) is 10.6 Å². The Morgan fingerprint density at radius 3 is 2.31 bits per heavy atom. The molecule has 0 saturated carbocycles. The molecule has 5 nitrogen and oxygen atoms in total. The third kappa shape index (κ3) is 3.93. The van der Waals surface area contributed by atoms with Crippen LogP contribution in [0.4, 0.5) is 5.95 Å². The molecule has 2 N–H and O–H groups in total. The maximum Gasteiger partial charge on any atom is 0.228 e. The van der Waals surface area contributed by atoms with Crippen molar-refractivity contribution in [2.75, 3.05) is 18.2 Å². The molecule has 0 bridgehead atoms. The van der Waals surface area contributed by atoms with Crippen LogP contribution in [0.1, 0.15) is 6.92 Å². The second-order valence-corrected chi connectivity index (χ2v) is 4.84. The second kappa shape index (κ2) is 6.44. The van der Waals surface area contributed by atoms with E-state index in [1.54, 1.807) is 11.8 Å². The first kappa shape index (κ1) is 13.8. The van der Waals surface area contributed by atoms with Gasteiger partial charge >= 0.3 is 0 Å². The van der Waals surface area contributed by atoms with Gasteiger partial charge in [-0.3, -0.25) is 0 Å². The van der Waals surface area contributed by atoms with E-state index in [0.717, 1.165) is 0 Å². The van der Waals surface area contributed by atoms with Gasteiger partial charge in [0, 0.05) is 11.3 Å². The van der Waals surface area contributed by atoms with Crippen LogP contribution < -0.4 is 5.32 Å². The van der Waals surface area contributed by atoms with Crippen LogP contribution >= 0.6 is 35.0 Å². The summed E-state index contributed by atoms with van der Waals surface area (Å²) in [5, 5.41) is 12.3. The lowest BCUT2D eigenvalue weighted by Crippen LogP contribution is -2.31. The lowest BCUT2D eigenvalue weighted by molar-refractivity contribution is 0.288. The molecule has 1 aromatic rings. The molecule has 0 aliphatic heterocycles. The van der Waals surface area contributed by atoms with Crippen LogP contribution in [0.3, 0.4) is 0 Å². The molecule has 0 aliphatic rings. The predicted molar refractivity (Wildman–Crippen MR) is 67.3 cm³/mol. The van der Waals surface area contributed by atoms with E-state index in [4.69, 9.17) is 28.3 Å². The Morgan fingerprint density at radius 1 is 1.31 bits per heavy atom. The van der Waals surface area contributed by atoms with E-state index in [1.165, 1.54) is 0 Å². The minimum atomic E-state index is -0.00506.